The van der Waals surface area contributed by atoms with Crippen LogP contribution in [-0.2, 0) is 0 Å². The number of nitrogens with zero attached hydrogens (tertiary/aromatic N) is 2. The molecule has 0 radical (unpaired) electrons. The molecule has 1 rings (SSSR count). The van der Waals surface area contributed by atoms with Crippen molar-refractivity contribution in [3.05, 3.63) is 17.5 Å². The fourth-order valence-corrected chi connectivity index (χ4v) is 0.688. The van der Waals surface area contributed by atoms with E-state index in [-0.39, 0.29) is 0 Å². The Morgan fingerprint density at radius 3 is 2.38 bits per heavy atom. The van der Waals surface area contributed by atoms with E-state index in [4.69, 9.17) is 0 Å². The molecule has 1 heterocycles. The number of thiol groups is 1. The SMILES string of the molecule is Cc1cnn(S)c1C. The van der Waals surface area contributed by atoms with Gasteiger partial charge in [-0.15, -0.1) is 0 Å². The second kappa shape index (κ2) is 1.82. The molecule has 0 aliphatic heterocycles. The van der Waals surface area contributed by atoms with Crippen LogP contribution in [0.1, 0.15) is 11.3 Å². The lowest BCUT2D eigenvalue weighted by Gasteiger charge is -1.89. The van der Waals surface area contributed by atoms with Gasteiger partial charge in [-0.05, 0) is 32.2 Å². The highest BCUT2D eigenvalue weighted by atomic mass is 32.1. The molecule has 0 N–H and O–H groups in total. The minimum atomic E-state index is 1.10. The van der Waals surface area contributed by atoms with Gasteiger partial charge < -0.3 is 0 Å². The standard InChI is InChI=1S/C5H8N2S/c1-4-3-6-7(8)5(4)2/h3,8H,1-2H3. The first kappa shape index (κ1) is 5.69. The molecule has 0 saturated heterocycles. The van der Waals surface area contributed by atoms with Gasteiger partial charge in [-0.25, -0.2) is 4.09 Å². The van der Waals surface area contributed by atoms with E-state index in [0.717, 1.165) is 5.69 Å². The van der Waals surface area contributed by atoms with Crippen molar-refractivity contribution in [3.63, 3.8) is 0 Å². The molecule has 0 unspecified atom stereocenters. The van der Waals surface area contributed by atoms with Crippen LogP contribution in [0.2, 0.25) is 0 Å². The lowest BCUT2D eigenvalue weighted by atomic mass is 10.3. The van der Waals surface area contributed by atoms with Crippen LogP contribution in [0.4, 0.5) is 0 Å². The second-order valence-corrected chi connectivity index (χ2v) is 2.18. The minimum absolute atomic E-state index is 1.10. The van der Waals surface area contributed by atoms with Crippen LogP contribution in [0.15, 0.2) is 6.20 Å². The van der Waals surface area contributed by atoms with E-state index in [2.05, 4.69) is 17.9 Å². The van der Waals surface area contributed by atoms with E-state index in [0.29, 0.717) is 0 Å². The van der Waals surface area contributed by atoms with Crippen LogP contribution in [0.5, 0.6) is 0 Å². The molecular formula is C5H8N2S. The zero-order valence-corrected chi connectivity index (χ0v) is 5.81. The Labute approximate surface area is 54.1 Å². The molecule has 0 amide bonds. The average Bonchev–Trinajstić information content (AvgIpc) is 1.98. The topological polar surface area (TPSA) is 17.8 Å². The van der Waals surface area contributed by atoms with Gasteiger partial charge in [-0.2, -0.15) is 5.10 Å². The zero-order valence-electron chi connectivity index (χ0n) is 4.92. The Kier molecular flexibility index (Phi) is 1.29. The molecule has 1 aromatic heterocycles. The Morgan fingerprint density at radius 2 is 2.25 bits per heavy atom. The molecule has 8 heavy (non-hydrogen) atoms. The third kappa shape index (κ3) is 0.733. The van der Waals surface area contributed by atoms with Crippen LogP contribution >= 0.6 is 12.8 Å². The molecule has 2 nitrogen and oxygen atoms in total. The number of hydrogen-bond donors (Lipinski definition) is 1. The van der Waals surface area contributed by atoms with E-state index in [1.54, 1.807) is 10.3 Å². The summed E-state index contributed by atoms with van der Waals surface area (Å²) < 4.78 is 1.56. The van der Waals surface area contributed by atoms with Crippen molar-refractivity contribution in [2.45, 2.75) is 13.8 Å². The van der Waals surface area contributed by atoms with Crippen LogP contribution in [0.3, 0.4) is 0 Å². The molecule has 0 bridgehead atoms. The third-order valence-corrected chi connectivity index (χ3v) is 1.63. The summed E-state index contributed by atoms with van der Waals surface area (Å²) in [7, 11) is 0. The predicted octanol–water partition coefficient (Wildman–Crippen LogP) is 1.19. The summed E-state index contributed by atoms with van der Waals surface area (Å²) in [5.74, 6) is 0. The summed E-state index contributed by atoms with van der Waals surface area (Å²) in [4.78, 5) is 0. The minimum Gasteiger partial charge on any atom is -0.214 e. The Morgan fingerprint density at radius 1 is 1.62 bits per heavy atom. The van der Waals surface area contributed by atoms with Gasteiger partial charge >= 0.3 is 0 Å². The summed E-state index contributed by atoms with van der Waals surface area (Å²) >= 11 is 4.02. The molecule has 0 aliphatic carbocycles. The second-order valence-electron chi connectivity index (χ2n) is 1.80. The molecule has 0 spiro atoms. The van der Waals surface area contributed by atoms with Crippen molar-refractivity contribution < 1.29 is 0 Å². The molecule has 3 heteroatoms. The molecule has 0 aliphatic rings. The van der Waals surface area contributed by atoms with Crippen molar-refractivity contribution in [1.29, 1.82) is 0 Å². The van der Waals surface area contributed by atoms with Crippen molar-refractivity contribution in [2.75, 3.05) is 0 Å². The Balaban J connectivity index is 3.19. The summed E-state index contributed by atoms with van der Waals surface area (Å²) in [6, 6.07) is 0. The monoisotopic (exact) mass is 128 g/mol. The maximum absolute atomic E-state index is 4.02. The molecule has 0 aromatic carbocycles. The first-order valence-electron chi connectivity index (χ1n) is 2.42. The van der Waals surface area contributed by atoms with Crippen LogP contribution in [0, 0.1) is 13.8 Å². The quantitative estimate of drug-likeness (QED) is 0.520. The van der Waals surface area contributed by atoms with Gasteiger partial charge in [0.2, 0.25) is 0 Å². The average molecular weight is 128 g/mol. The summed E-state index contributed by atoms with van der Waals surface area (Å²) in [5.41, 5.74) is 2.29. The van der Waals surface area contributed by atoms with Gasteiger partial charge in [0, 0.05) is 0 Å². The smallest absolute Gasteiger partial charge is 0.0532 e. The van der Waals surface area contributed by atoms with E-state index < -0.39 is 0 Å². The lowest BCUT2D eigenvalue weighted by molar-refractivity contribution is 0.977. The van der Waals surface area contributed by atoms with Crippen LogP contribution in [0.25, 0.3) is 0 Å². The van der Waals surface area contributed by atoms with Crippen molar-refractivity contribution in [3.8, 4) is 0 Å². The first-order chi connectivity index (χ1) is 3.72. The lowest BCUT2D eigenvalue weighted by Crippen LogP contribution is -1.84. The van der Waals surface area contributed by atoms with Crippen molar-refractivity contribution in [2.24, 2.45) is 0 Å². The Hall–Kier alpha value is -0.440. The predicted molar refractivity (Wildman–Crippen MR) is 36.1 cm³/mol. The van der Waals surface area contributed by atoms with E-state index in [1.165, 1.54) is 5.56 Å². The molecule has 0 saturated carbocycles. The maximum atomic E-state index is 4.02. The summed E-state index contributed by atoms with van der Waals surface area (Å²) in [6.45, 7) is 3.99. The molecule has 1 aromatic rings. The number of aromatic nitrogens is 2. The molecular weight excluding hydrogens is 120 g/mol. The normalized spacial score (nSPS) is 9.88. The molecule has 0 atom stereocenters. The van der Waals surface area contributed by atoms with Gasteiger partial charge in [0.15, 0.2) is 0 Å². The largest absolute Gasteiger partial charge is 0.214 e. The van der Waals surface area contributed by atoms with E-state index >= 15 is 0 Å². The van der Waals surface area contributed by atoms with Gasteiger partial charge in [0.05, 0.1) is 11.9 Å². The number of hydrogen-bond acceptors (Lipinski definition) is 2. The number of rotatable bonds is 0. The highest BCUT2D eigenvalue weighted by Crippen LogP contribution is 2.04. The zero-order chi connectivity index (χ0) is 6.15. The van der Waals surface area contributed by atoms with Gasteiger partial charge in [0.25, 0.3) is 0 Å². The third-order valence-electron chi connectivity index (χ3n) is 1.23. The van der Waals surface area contributed by atoms with Crippen molar-refractivity contribution in [1.82, 2.24) is 9.19 Å². The highest BCUT2D eigenvalue weighted by molar-refractivity contribution is 7.78. The van der Waals surface area contributed by atoms with E-state index in [9.17, 15) is 0 Å². The fraction of sp³-hybridized carbons (Fsp3) is 0.400. The highest BCUT2D eigenvalue weighted by Gasteiger charge is 1.94. The van der Waals surface area contributed by atoms with Gasteiger partial charge in [-0.1, -0.05) is 0 Å². The van der Waals surface area contributed by atoms with E-state index in [1.807, 2.05) is 13.8 Å². The molecule has 44 valence electrons. The fourth-order valence-electron chi connectivity index (χ4n) is 0.479. The number of aryl methyl sites for hydroxylation is 1. The van der Waals surface area contributed by atoms with Crippen LogP contribution < -0.4 is 0 Å². The summed E-state index contributed by atoms with van der Waals surface area (Å²) in [6.07, 6.45) is 1.79. The Bertz CT molecular complexity index is 173. The van der Waals surface area contributed by atoms with Gasteiger partial charge in [0.1, 0.15) is 0 Å². The maximum Gasteiger partial charge on any atom is 0.0532 e. The first-order valence-corrected chi connectivity index (χ1v) is 2.82. The van der Waals surface area contributed by atoms with Crippen molar-refractivity contribution >= 4 is 12.8 Å². The van der Waals surface area contributed by atoms with Crippen LogP contribution in [-0.4, -0.2) is 9.19 Å². The summed E-state index contributed by atoms with van der Waals surface area (Å²) in [5, 5.41) is 3.90. The molecule has 0 fully saturated rings. The van der Waals surface area contributed by atoms with Gasteiger partial charge in [-0.3, -0.25) is 0 Å².